The van der Waals surface area contributed by atoms with Crippen LogP contribution in [0.5, 0.6) is 0 Å². The zero-order valence-electron chi connectivity index (χ0n) is 7.58. The zero-order chi connectivity index (χ0) is 8.85. The maximum atomic E-state index is 5.57. The number of hydrogen-bond acceptors (Lipinski definition) is 1. The Bertz CT molecular complexity index is 115. The Hall–Kier alpha value is 0.195. The largest absolute Gasteiger partial charge is 0.367 e. The highest BCUT2D eigenvalue weighted by Crippen LogP contribution is 2.30. The van der Waals surface area contributed by atoms with Gasteiger partial charge in [0.15, 0.2) is 0 Å². The third kappa shape index (κ3) is 5.46. The molecule has 0 spiro atoms. The molecule has 0 saturated carbocycles. The fraction of sp³-hybridized carbons (Fsp3) is 0.750. The third-order valence-corrected chi connectivity index (χ3v) is 2.05. The average Bonchev–Trinajstić information content (AvgIpc) is 1.86. The molecular formula is C8H16BOP. The van der Waals surface area contributed by atoms with Crippen molar-refractivity contribution in [2.75, 3.05) is 6.66 Å². The minimum atomic E-state index is -0.732. The first kappa shape index (κ1) is 11.2. The van der Waals surface area contributed by atoms with E-state index in [0.29, 0.717) is 5.92 Å². The van der Waals surface area contributed by atoms with Crippen LogP contribution in [-0.2, 0) is 4.52 Å². The minimum Gasteiger partial charge on any atom is -0.367 e. The molecule has 0 aliphatic rings. The molecule has 0 aromatic rings. The molecule has 0 N–H and O–H groups in total. The summed E-state index contributed by atoms with van der Waals surface area (Å²) in [4.78, 5) is 0. The molecule has 11 heavy (non-hydrogen) atoms. The van der Waals surface area contributed by atoms with Crippen LogP contribution in [0.2, 0.25) is 0 Å². The van der Waals surface area contributed by atoms with Crippen molar-refractivity contribution in [1.82, 2.24) is 0 Å². The predicted molar refractivity (Wildman–Crippen MR) is 53.1 cm³/mol. The summed E-state index contributed by atoms with van der Waals surface area (Å²) in [5.41, 5.74) is 0. The fourth-order valence-corrected chi connectivity index (χ4v) is 1.57. The smallest absolute Gasteiger partial charge is 0.148 e. The molecular weight excluding hydrogens is 154 g/mol. The van der Waals surface area contributed by atoms with Gasteiger partial charge in [-0.2, -0.15) is 0 Å². The lowest BCUT2D eigenvalue weighted by Gasteiger charge is -2.22. The molecule has 0 bridgehead atoms. The van der Waals surface area contributed by atoms with Gasteiger partial charge in [-0.15, -0.1) is 6.58 Å². The minimum absolute atomic E-state index is 0.244. The van der Waals surface area contributed by atoms with Crippen LogP contribution in [0.15, 0.2) is 12.7 Å². The third-order valence-electron chi connectivity index (χ3n) is 1.44. The molecule has 0 amide bonds. The summed E-state index contributed by atoms with van der Waals surface area (Å²) < 4.78 is 5.52. The van der Waals surface area contributed by atoms with Gasteiger partial charge in [-0.25, -0.2) is 0 Å². The first-order chi connectivity index (χ1) is 5.07. The van der Waals surface area contributed by atoms with E-state index in [-0.39, 0.29) is 6.10 Å². The summed E-state index contributed by atoms with van der Waals surface area (Å²) in [7, 11) is 4.84. The van der Waals surface area contributed by atoms with Gasteiger partial charge < -0.3 is 4.52 Å². The molecule has 2 atom stereocenters. The van der Waals surface area contributed by atoms with Crippen LogP contribution in [0.4, 0.5) is 0 Å². The van der Waals surface area contributed by atoms with Crippen molar-refractivity contribution in [1.29, 1.82) is 0 Å². The Kier molecular flexibility index (Phi) is 5.90. The molecule has 0 fully saturated rings. The van der Waals surface area contributed by atoms with E-state index < -0.39 is 8.03 Å². The van der Waals surface area contributed by atoms with E-state index in [9.17, 15) is 0 Å². The Morgan fingerprint density at radius 1 is 1.64 bits per heavy atom. The van der Waals surface area contributed by atoms with Gasteiger partial charge in [-0.1, -0.05) is 19.9 Å². The second kappa shape index (κ2) is 5.80. The zero-order valence-corrected chi connectivity index (χ0v) is 8.47. The Morgan fingerprint density at radius 2 is 2.18 bits per heavy atom. The molecule has 0 heterocycles. The molecule has 0 aromatic heterocycles. The molecule has 2 radical (unpaired) electrons. The van der Waals surface area contributed by atoms with Crippen LogP contribution in [-0.4, -0.2) is 20.3 Å². The van der Waals surface area contributed by atoms with E-state index in [4.69, 9.17) is 12.1 Å². The Balaban J connectivity index is 3.78. The van der Waals surface area contributed by atoms with Gasteiger partial charge in [-0.3, -0.25) is 0 Å². The van der Waals surface area contributed by atoms with Gasteiger partial charge in [0.1, 0.15) is 7.57 Å². The van der Waals surface area contributed by atoms with E-state index in [0.717, 1.165) is 6.42 Å². The first-order valence-electron chi connectivity index (χ1n) is 3.84. The van der Waals surface area contributed by atoms with Crippen molar-refractivity contribution in [2.45, 2.75) is 26.4 Å². The number of hydrogen-bond donors (Lipinski definition) is 0. The van der Waals surface area contributed by atoms with E-state index in [2.05, 4.69) is 20.4 Å². The van der Waals surface area contributed by atoms with Crippen LogP contribution in [0.25, 0.3) is 0 Å². The lowest BCUT2D eigenvalue weighted by Crippen LogP contribution is -2.16. The highest BCUT2D eigenvalue weighted by Gasteiger charge is 2.12. The maximum Gasteiger partial charge on any atom is 0.148 e. The molecule has 1 unspecified atom stereocenters. The van der Waals surface area contributed by atoms with Crippen molar-refractivity contribution in [3.05, 3.63) is 12.7 Å². The molecule has 0 aliphatic heterocycles. The first-order valence-corrected chi connectivity index (χ1v) is 5.61. The average molecular weight is 170 g/mol. The van der Waals surface area contributed by atoms with Gasteiger partial charge in [0.25, 0.3) is 0 Å². The summed E-state index contributed by atoms with van der Waals surface area (Å²) in [6.45, 7) is 9.85. The van der Waals surface area contributed by atoms with Gasteiger partial charge in [0.2, 0.25) is 0 Å². The summed E-state index contributed by atoms with van der Waals surface area (Å²) in [5.74, 6) is 0.515. The molecule has 62 valence electrons. The molecule has 0 saturated heterocycles. The SMILES string of the molecule is [B]P(C)O[C@H](CC=C)C(C)C. The van der Waals surface area contributed by atoms with E-state index in [1.165, 1.54) is 0 Å². The Labute approximate surface area is 72.4 Å². The van der Waals surface area contributed by atoms with Crippen molar-refractivity contribution in [2.24, 2.45) is 5.92 Å². The highest BCUT2D eigenvalue weighted by molar-refractivity contribution is 7.77. The molecule has 0 aliphatic carbocycles. The number of rotatable bonds is 5. The van der Waals surface area contributed by atoms with Crippen LogP contribution in [0, 0.1) is 5.92 Å². The van der Waals surface area contributed by atoms with Gasteiger partial charge >= 0.3 is 0 Å². The molecule has 3 heteroatoms. The van der Waals surface area contributed by atoms with E-state index in [1.807, 2.05) is 12.7 Å². The van der Waals surface area contributed by atoms with E-state index in [1.54, 1.807) is 0 Å². The topological polar surface area (TPSA) is 9.23 Å². The summed E-state index contributed by atoms with van der Waals surface area (Å²) in [6, 6.07) is 0. The van der Waals surface area contributed by atoms with Gasteiger partial charge in [0.05, 0.1) is 6.10 Å². The summed E-state index contributed by atoms with van der Waals surface area (Å²) in [6.07, 6.45) is 3.01. The summed E-state index contributed by atoms with van der Waals surface area (Å²) >= 11 is 0. The van der Waals surface area contributed by atoms with E-state index >= 15 is 0 Å². The van der Waals surface area contributed by atoms with Crippen molar-refractivity contribution < 1.29 is 4.52 Å². The fourth-order valence-electron chi connectivity index (χ4n) is 0.815. The lowest BCUT2D eigenvalue weighted by atomic mass is 10.1. The standard InChI is InChI=1S/C8H16BOP/c1-5-6-8(7(2)3)10-11(4)9/h5,7-8H,1,6H2,2-4H3/t8-,11?/m1/s1. The Morgan fingerprint density at radius 3 is 2.45 bits per heavy atom. The maximum absolute atomic E-state index is 5.57. The van der Waals surface area contributed by atoms with Crippen molar-refractivity contribution in [3.63, 3.8) is 0 Å². The normalized spacial score (nSPS) is 16.4. The summed E-state index contributed by atoms with van der Waals surface area (Å²) in [5, 5.41) is 0. The highest BCUT2D eigenvalue weighted by atomic mass is 31.1. The van der Waals surface area contributed by atoms with Crippen LogP contribution < -0.4 is 0 Å². The van der Waals surface area contributed by atoms with Gasteiger partial charge in [0, 0.05) is 0 Å². The second-order valence-corrected chi connectivity index (χ2v) is 4.26. The predicted octanol–water partition coefficient (Wildman–Crippen LogP) is 2.71. The molecule has 0 rings (SSSR count). The van der Waals surface area contributed by atoms with Crippen molar-refractivity contribution in [3.8, 4) is 0 Å². The van der Waals surface area contributed by atoms with Crippen LogP contribution in [0.3, 0.4) is 0 Å². The van der Waals surface area contributed by atoms with Gasteiger partial charge in [-0.05, 0) is 27.0 Å². The monoisotopic (exact) mass is 170 g/mol. The molecule has 0 aromatic carbocycles. The molecule has 1 nitrogen and oxygen atoms in total. The second-order valence-electron chi connectivity index (χ2n) is 2.96. The van der Waals surface area contributed by atoms with Crippen LogP contribution >= 0.6 is 8.03 Å². The lowest BCUT2D eigenvalue weighted by molar-refractivity contribution is 0.178. The van der Waals surface area contributed by atoms with Crippen molar-refractivity contribution >= 4 is 15.6 Å². The quantitative estimate of drug-likeness (QED) is 0.350. The van der Waals surface area contributed by atoms with Crippen LogP contribution in [0.1, 0.15) is 20.3 Å².